The summed E-state index contributed by atoms with van der Waals surface area (Å²) in [7, 11) is 4.66. The summed E-state index contributed by atoms with van der Waals surface area (Å²) in [5, 5.41) is 9.48. The van der Waals surface area contributed by atoms with E-state index in [1.54, 1.807) is 31.1 Å². The largest absolute Gasteiger partial charge is 0.352 e. The van der Waals surface area contributed by atoms with Gasteiger partial charge in [0.1, 0.15) is 17.7 Å². The zero-order valence-corrected chi connectivity index (χ0v) is 14.4. The van der Waals surface area contributed by atoms with Crippen LogP contribution in [0.4, 0.5) is 10.2 Å². The van der Waals surface area contributed by atoms with Gasteiger partial charge in [-0.05, 0) is 36.5 Å². The van der Waals surface area contributed by atoms with Gasteiger partial charge in [0.25, 0.3) is 5.56 Å². The van der Waals surface area contributed by atoms with Gasteiger partial charge in [-0.1, -0.05) is 12.1 Å². The summed E-state index contributed by atoms with van der Waals surface area (Å²) in [5.41, 5.74) is -0.274. The summed E-state index contributed by atoms with van der Waals surface area (Å²) in [5.74, 6) is 0.303. The molecule has 1 aliphatic carbocycles. The van der Waals surface area contributed by atoms with Crippen molar-refractivity contribution in [2.75, 3.05) is 11.9 Å². The lowest BCUT2D eigenvalue weighted by molar-refractivity contribution is 0.562. The molecule has 1 fully saturated rings. The van der Waals surface area contributed by atoms with Gasteiger partial charge in [-0.2, -0.15) is 5.26 Å². The number of benzene rings is 1. The number of nitriles is 1. The number of anilines is 1. The molecule has 130 valence electrons. The Bertz CT molecular complexity index is 965. The van der Waals surface area contributed by atoms with Crippen LogP contribution in [-0.4, -0.2) is 16.2 Å². The molecule has 0 radical (unpaired) electrons. The van der Waals surface area contributed by atoms with E-state index in [-0.39, 0.29) is 23.2 Å². The second-order valence-corrected chi connectivity index (χ2v) is 6.46. The first-order valence-electron chi connectivity index (χ1n) is 8.05. The lowest BCUT2D eigenvalue weighted by atomic mass is 10.0. The van der Waals surface area contributed by atoms with Gasteiger partial charge in [0.2, 0.25) is 0 Å². The topological polar surface area (TPSA) is 71.0 Å². The van der Waals surface area contributed by atoms with Crippen molar-refractivity contribution in [1.82, 2.24) is 9.13 Å². The van der Waals surface area contributed by atoms with E-state index < -0.39 is 11.2 Å². The molecule has 0 N–H and O–H groups in total. The third-order valence-corrected chi connectivity index (χ3v) is 4.78. The fourth-order valence-electron chi connectivity index (χ4n) is 3.36. The van der Waals surface area contributed by atoms with Gasteiger partial charge in [-0.25, -0.2) is 9.18 Å². The van der Waals surface area contributed by atoms with Crippen LogP contribution in [0.15, 0.2) is 33.9 Å². The molecule has 0 spiro atoms. The lowest BCUT2D eigenvalue weighted by Crippen LogP contribution is -2.42. The molecular formula is C18H19FN4O2. The Labute approximate surface area is 144 Å². The summed E-state index contributed by atoms with van der Waals surface area (Å²) in [6.45, 7) is 0. The van der Waals surface area contributed by atoms with Gasteiger partial charge >= 0.3 is 5.69 Å². The first-order valence-corrected chi connectivity index (χ1v) is 8.05. The minimum Gasteiger partial charge on any atom is -0.352 e. The van der Waals surface area contributed by atoms with Crippen LogP contribution in [0.2, 0.25) is 0 Å². The van der Waals surface area contributed by atoms with Crippen molar-refractivity contribution in [2.24, 2.45) is 20.0 Å². The molecule has 1 aliphatic rings. The number of hydrogen-bond acceptors (Lipinski definition) is 4. The summed E-state index contributed by atoms with van der Waals surface area (Å²) in [6.07, 6.45) is 2.01. The fourth-order valence-corrected chi connectivity index (χ4v) is 3.36. The minimum atomic E-state index is -0.610. The SMILES string of the molecule is CN(c1c(C#N)c(=O)n(C)c(=O)n1C)[C@@H](c1ccc(F)cc1)C1CC1. The second kappa shape index (κ2) is 6.20. The maximum atomic E-state index is 13.3. The Morgan fingerprint density at radius 1 is 1.20 bits per heavy atom. The highest BCUT2D eigenvalue weighted by Gasteiger charge is 2.37. The van der Waals surface area contributed by atoms with Crippen LogP contribution < -0.4 is 16.1 Å². The normalized spacial score (nSPS) is 14.8. The Morgan fingerprint density at radius 2 is 1.80 bits per heavy atom. The van der Waals surface area contributed by atoms with Gasteiger partial charge in [0.05, 0.1) is 6.04 Å². The van der Waals surface area contributed by atoms with Crippen LogP contribution in [0, 0.1) is 23.1 Å². The van der Waals surface area contributed by atoms with Crippen molar-refractivity contribution in [2.45, 2.75) is 18.9 Å². The Kier molecular flexibility index (Phi) is 4.21. The van der Waals surface area contributed by atoms with Gasteiger partial charge in [0.15, 0.2) is 5.56 Å². The zero-order valence-electron chi connectivity index (χ0n) is 14.4. The van der Waals surface area contributed by atoms with Crippen molar-refractivity contribution < 1.29 is 4.39 Å². The molecule has 6 nitrogen and oxygen atoms in total. The van der Waals surface area contributed by atoms with Crippen LogP contribution >= 0.6 is 0 Å². The average molecular weight is 342 g/mol. The molecule has 1 aromatic heterocycles. The van der Waals surface area contributed by atoms with Crippen molar-refractivity contribution in [1.29, 1.82) is 5.26 Å². The molecule has 1 aromatic carbocycles. The molecule has 0 unspecified atom stereocenters. The maximum absolute atomic E-state index is 13.3. The second-order valence-electron chi connectivity index (χ2n) is 6.46. The van der Waals surface area contributed by atoms with E-state index in [0.717, 1.165) is 23.0 Å². The van der Waals surface area contributed by atoms with Gasteiger partial charge in [-0.15, -0.1) is 0 Å². The van der Waals surface area contributed by atoms with Crippen LogP contribution in [0.25, 0.3) is 0 Å². The first kappa shape index (κ1) is 17.0. The van der Waals surface area contributed by atoms with Crippen LogP contribution in [-0.2, 0) is 14.1 Å². The van der Waals surface area contributed by atoms with Crippen LogP contribution in [0.1, 0.15) is 30.0 Å². The van der Waals surface area contributed by atoms with Crippen LogP contribution in [0.3, 0.4) is 0 Å². The molecule has 1 atom stereocenters. The third kappa shape index (κ3) is 2.84. The maximum Gasteiger partial charge on any atom is 0.332 e. The van der Waals surface area contributed by atoms with Crippen LogP contribution in [0.5, 0.6) is 0 Å². The summed E-state index contributed by atoms with van der Waals surface area (Å²) in [6, 6.07) is 8.01. The number of halogens is 1. The summed E-state index contributed by atoms with van der Waals surface area (Å²) >= 11 is 0. The van der Waals surface area contributed by atoms with E-state index in [1.165, 1.54) is 23.7 Å². The van der Waals surface area contributed by atoms with E-state index in [2.05, 4.69) is 0 Å². The molecule has 2 aromatic rings. The van der Waals surface area contributed by atoms with Crippen molar-refractivity contribution in [3.63, 3.8) is 0 Å². The monoisotopic (exact) mass is 342 g/mol. The molecule has 3 rings (SSSR count). The molecule has 0 bridgehead atoms. The first-order chi connectivity index (χ1) is 11.9. The lowest BCUT2D eigenvalue weighted by Gasteiger charge is -2.32. The van der Waals surface area contributed by atoms with Gasteiger partial charge < -0.3 is 4.90 Å². The van der Waals surface area contributed by atoms with Crippen molar-refractivity contribution in [3.8, 4) is 6.07 Å². The Hall–Kier alpha value is -2.88. The molecule has 0 amide bonds. The predicted molar refractivity (Wildman–Crippen MR) is 91.9 cm³/mol. The van der Waals surface area contributed by atoms with E-state index in [9.17, 15) is 19.2 Å². The van der Waals surface area contributed by atoms with Gasteiger partial charge in [0, 0.05) is 21.1 Å². The van der Waals surface area contributed by atoms with Crippen molar-refractivity contribution in [3.05, 3.63) is 62.0 Å². The highest BCUT2D eigenvalue weighted by molar-refractivity contribution is 5.55. The van der Waals surface area contributed by atoms with E-state index in [4.69, 9.17) is 0 Å². The standard InChI is InChI=1S/C18H19FN4O2/c1-21(15(11-4-5-11)12-6-8-13(19)9-7-12)16-14(10-20)17(24)23(3)18(25)22(16)2/h6-9,11,15H,4-5H2,1-3H3/t15-/m1/s1. The molecule has 1 saturated carbocycles. The van der Waals surface area contributed by atoms with E-state index in [1.807, 2.05) is 6.07 Å². The number of rotatable bonds is 4. The third-order valence-electron chi connectivity index (χ3n) is 4.78. The minimum absolute atomic E-state index is 0.0696. The number of hydrogen-bond donors (Lipinski definition) is 0. The molecule has 1 heterocycles. The summed E-state index contributed by atoms with van der Waals surface area (Å²) in [4.78, 5) is 26.4. The molecule has 0 aliphatic heterocycles. The smallest absolute Gasteiger partial charge is 0.332 e. The highest BCUT2D eigenvalue weighted by Crippen LogP contribution is 2.45. The Balaban J connectivity index is 2.18. The zero-order chi connectivity index (χ0) is 18.3. The number of nitrogens with zero attached hydrogens (tertiary/aromatic N) is 4. The predicted octanol–water partition coefficient (Wildman–Crippen LogP) is 1.68. The molecule has 0 saturated heterocycles. The molecular weight excluding hydrogens is 323 g/mol. The average Bonchev–Trinajstić information content (AvgIpc) is 3.42. The van der Waals surface area contributed by atoms with E-state index >= 15 is 0 Å². The fraction of sp³-hybridized carbons (Fsp3) is 0.389. The molecule has 25 heavy (non-hydrogen) atoms. The summed E-state index contributed by atoms with van der Waals surface area (Å²) < 4.78 is 15.5. The highest BCUT2D eigenvalue weighted by atomic mass is 19.1. The Morgan fingerprint density at radius 3 is 2.32 bits per heavy atom. The van der Waals surface area contributed by atoms with Crippen molar-refractivity contribution >= 4 is 5.82 Å². The van der Waals surface area contributed by atoms with E-state index in [0.29, 0.717) is 5.92 Å². The molecule has 7 heteroatoms. The van der Waals surface area contributed by atoms with Gasteiger partial charge in [-0.3, -0.25) is 13.9 Å². The number of aromatic nitrogens is 2. The quantitative estimate of drug-likeness (QED) is 0.848.